The lowest BCUT2D eigenvalue weighted by Gasteiger charge is -2.30. The van der Waals surface area contributed by atoms with Crippen LogP contribution in [-0.2, 0) is 6.54 Å². The Bertz CT molecular complexity index is 2240. The molecule has 6 aromatic rings. The maximum Gasteiger partial charge on any atom is 0.337 e. The van der Waals surface area contributed by atoms with Gasteiger partial charge in [-0.05, 0) is 72.7 Å². The van der Waals surface area contributed by atoms with E-state index in [0.717, 1.165) is 29.0 Å². The standard InChI is InChI=1S/C34H29F2N7O3.ClH/c35-23-8-13-30-40-29(19-41(30)18-23)32(44)39-25-9-11-26(12-10-25)43-33(45)28-15-24(36)17-38-31(28)42(34(43)46)27-3-1-2-22(14-27)21-6-4-20(16-37)5-7-21;/h1-8,13-15,17-19,25-26H,9-12,16,37H2,(H,39,44);1H/t25-,26+;. The van der Waals surface area contributed by atoms with Crippen LogP contribution in [-0.4, -0.2) is 35.5 Å². The molecule has 0 saturated heterocycles. The highest BCUT2D eigenvalue weighted by Crippen LogP contribution is 2.28. The molecular formula is C34H30ClF2N7O3. The van der Waals surface area contributed by atoms with Gasteiger partial charge in [-0.15, -0.1) is 12.4 Å². The van der Waals surface area contributed by atoms with Gasteiger partial charge < -0.3 is 15.5 Å². The minimum atomic E-state index is -0.684. The van der Waals surface area contributed by atoms with E-state index >= 15 is 0 Å². The van der Waals surface area contributed by atoms with Gasteiger partial charge in [0.05, 0.1) is 17.3 Å². The van der Waals surface area contributed by atoms with Gasteiger partial charge in [-0.25, -0.2) is 28.1 Å². The van der Waals surface area contributed by atoms with E-state index in [9.17, 15) is 23.2 Å². The van der Waals surface area contributed by atoms with E-state index in [4.69, 9.17) is 5.73 Å². The van der Waals surface area contributed by atoms with Gasteiger partial charge in [0.15, 0.2) is 5.65 Å². The third-order valence-electron chi connectivity index (χ3n) is 8.56. The molecule has 10 nitrogen and oxygen atoms in total. The molecule has 3 N–H and O–H groups in total. The molecule has 47 heavy (non-hydrogen) atoms. The summed E-state index contributed by atoms with van der Waals surface area (Å²) in [6.07, 6.45) is 5.56. The summed E-state index contributed by atoms with van der Waals surface area (Å²) >= 11 is 0. The Labute approximate surface area is 272 Å². The highest BCUT2D eigenvalue weighted by atomic mass is 35.5. The van der Waals surface area contributed by atoms with Crippen LogP contribution in [0, 0.1) is 11.6 Å². The van der Waals surface area contributed by atoms with Crippen molar-refractivity contribution < 1.29 is 13.6 Å². The first-order valence-corrected chi connectivity index (χ1v) is 15.0. The Balaban J connectivity index is 0.00000386. The van der Waals surface area contributed by atoms with E-state index in [1.165, 1.54) is 38.1 Å². The molecule has 7 rings (SSSR count). The van der Waals surface area contributed by atoms with Crippen molar-refractivity contribution in [2.75, 3.05) is 0 Å². The van der Waals surface area contributed by atoms with E-state index in [1.807, 2.05) is 42.5 Å². The normalized spacial score (nSPS) is 16.2. The number of pyridine rings is 2. The monoisotopic (exact) mass is 657 g/mol. The fourth-order valence-electron chi connectivity index (χ4n) is 6.21. The SMILES string of the molecule is Cl.NCc1ccc(-c2cccc(-n3c(=O)n([C@H]4CC[C@@H](NC(=O)c5cn6cc(F)ccc6n5)CC4)c(=O)c4cc(F)cnc43)c2)cc1. The molecule has 1 aliphatic carbocycles. The number of carbonyl (C=O) groups excluding carboxylic acids is 1. The van der Waals surface area contributed by atoms with Crippen molar-refractivity contribution >= 4 is 35.0 Å². The summed E-state index contributed by atoms with van der Waals surface area (Å²) in [7, 11) is 0. The van der Waals surface area contributed by atoms with Gasteiger partial charge in [0.1, 0.15) is 23.0 Å². The van der Waals surface area contributed by atoms with Crippen LogP contribution in [0.4, 0.5) is 8.78 Å². The Morgan fingerprint density at radius 2 is 1.68 bits per heavy atom. The lowest BCUT2D eigenvalue weighted by Crippen LogP contribution is -2.45. The number of benzene rings is 2. The lowest BCUT2D eigenvalue weighted by atomic mass is 9.90. The topological polar surface area (TPSA) is 129 Å². The number of hydrogen-bond donors (Lipinski definition) is 2. The van der Waals surface area contributed by atoms with Gasteiger partial charge in [0.2, 0.25) is 0 Å². The molecule has 4 heterocycles. The molecule has 240 valence electrons. The number of nitrogens with two attached hydrogens (primary N) is 1. The molecule has 1 saturated carbocycles. The number of aromatic nitrogens is 5. The highest BCUT2D eigenvalue weighted by Gasteiger charge is 2.28. The second-order valence-corrected chi connectivity index (χ2v) is 11.5. The quantitative estimate of drug-likeness (QED) is 0.261. The first kappa shape index (κ1) is 31.8. The fourth-order valence-corrected chi connectivity index (χ4v) is 6.21. The van der Waals surface area contributed by atoms with Gasteiger partial charge in [-0.1, -0.05) is 36.4 Å². The number of nitrogens with zero attached hydrogens (tertiary/aromatic N) is 5. The van der Waals surface area contributed by atoms with Gasteiger partial charge in [0.25, 0.3) is 11.5 Å². The number of imidazole rings is 1. The third-order valence-corrected chi connectivity index (χ3v) is 8.56. The van der Waals surface area contributed by atoms with Gasteiger partial charge in [-0.2, -0.15) is 0 Å². The summed E-state index contributed by atoms with van der Waals surface area (Å²) in [5.74, 6) is -1.52. The van der Waals surface area contributed by atoms with E-state index in [0.29, 0.717) is 43.6 Å². The van der Waals surface area contributed by atoms with Crippen LogP contribution in [0.5, 0.6) is 0 Å². The molecule has 2 aromatic carbocycles. The summed E-state index contributed by atoms with van der Waals surface area (Å²) < 4.78 is 32.0. The molecule has 0 radical (unpaired) electrons. The second kappa shape index (κ2) is 12.9. The zero-order chi connectivity index (χ0) is 31.9. The Kier molecular flexibility index (Phi) is 8.71. The van der Waals surface area contributed by atoms with Crippen LogP contribution < -0.4 is 22.3 Å². The number of rotatable bonds is 6. The molecule has 0 atom stereocenters. The van der Waals surface area contributed by atoms with Crippen molar-refractivity contribution in [3.63, 3.8) is 0 Å². The highest BCUT2D eigenvalue weighted by molar-refractivity contribution is 5.93. The minimum Gasteiger partial charge on any atom is -0.348 e. The number of nitrogens with one attached hydrogen (secondary N) is 1. The number of halogens is 3. The lowest BCUT2D eigenvalue weighted by molar-refractivity contribution is 0.0917. The number of amides is 1. The summed E-state index contributed by atoms with van der Waals surface area (Å²) in [6.45, 7) is 0.421. The summed E-state index contributed by atoms with van der Waals surface area (Å²) in [5.41, 5.74) is 8.46. The molecule has 0 unspecified atom stereocenters. The van der Waals surface area contributed by atoms with Crippen molar-refractivity contribution in [2.45, 2.75) is 44.3 Å². The average molecular weight is 658 g/mol. The van der Waals surface area contributed by atoms with E-state index < -0.39 is 34.8 Å². The minimum absolute atomic E-state index is 0. The van der Waals surface area contributed by atoms with Crippen LogP contribution in [0.2, 0.25) is 0 Å². The first-order chi connectivity index (χ1) is 22.3. The second-order valence-electron chi connectivity index (χ2n) is 11.5. The molecule has 0 spiro atoms. The number of carbonyl (C=O) groups is 1. The number of hydrogen-bond acceptors (Lipinski definition) is 6. The Morgan fingerprint density at radius 1 is 0.915 bits per heavy atom. The fraction of sp³-hybridized carbons (Fsp3) is 0.206. The van der Waals surface area contributed by atoms with E-state index in [-0.39, 0.29) is 35.2 Å². The molecule has 1 amide bonds. The van der Waals surface area contributed by atoms with Gasteiger partial charge in [0, 0.05) is 31.0 Å². The summed E-state index contributed by atoms with van der Waals surface area (Å²) in [5, 5.41) is 2.97. The zero-order valence-corrected chi connectivity index (χ0v) is 25.8. The van der Waals surface area contributed by atoms with E-state index in [2.05, 4.69) is 15.3 Å². The molecule has 13 heteroatoms. The van der Waals surface area contributed by atoms with Crippen molar-refractivity contribution in [3.8, 4) is 16.8 Å². The molecule has 0 aliphatic heterocycles. The van der Waals surface area contributed by atoms with Crippen LogP contribution in [0.15, 0.2) is 94.9 Å². The summed E-state index contributed by atoms with van der Waals surface area (Å²) in [4.78, 5) is 49.2. The van der Waals surface area contributed by atoms with Gasteiger partial charge in [-0.3, -0.25) is 14.2 Å². The summed E-state index contributed by atoms with van der Waals surface area (Å²) in [6, 6.07) is 18.3. The van der Waals surface area contributed by atoms with Crippen molar-refractivity contribution in [3.05, 3.63) is 129 Å². The molecule has 1 fully saturated rings. The van der Waals surface area contributed by atoms with Crippen LogP contribution in [0.3, 0.4) is 0 Å². The average Bonchev–Trinajstić information content (AvgIpc) is 3.50. The first-order valence-electron chi connectivity index (χ1n) is 15.0. The molecule has 4 aromatic heterocycles. The molecular weight excluding hydrogens is 628 g/mol. The third kappa shape index (κ3) is 6.05. The molecule has 0 bridgehead atoms. The van der Waals surface area contributed by atoms with Crippen LogP contribution in [0.1, 0.15) is 47.8 Å². The van der Waals surface area contributed by atoms with Crippen molar-refractivity contribution in [1.29, 1.82) is 0 Å². The Hall–Kier alpha value is -5.20. The maximum absolute atomic E-state index is 14.4. The predicted octanol–water partition coefficient (Wildman–Crippen LogP) is 4.93. The zero-order valence-electron chi connectivity index (χ0n) is 25.0. The van der Waals surface area contributed by atoms with Crippen molar-refractivity contribution in [1.82, 2.24) is 28.8 Å². The van der Waals surface area contributed by atoms with E-state index in [1.54, 1.807) is 6.07 Å². The van der Waals surface area contributed by atoms with Crippen LogP contribution >= 0.6 is 12.4 Å². The molecule has 1 aliphatic rings. The number of fused-ring (bicyclic) bond motifs is 2. The Morgan fingerprint density at radius 3 is 2.43 bits per heavy atom. The smallest absolute Gasteiger partial charge is 0.337 e. The maximum atomic E-state index is 14.4. The predicted molar refractivity (Wildman–Crippen MR) is 176 cm³/mol. The van der Waals surface area contributed by atoms with Gasteiger partial charge >= 0.3 is 5.69 Å². The van der Waals surface area contributed by atoms with Crippen LogP contribution in [0.25, 0.3) is 33.5 Å². The largest absolute Gasteiger partial charge is 0.348 e. The van der Waals surface area contributed by atoms with Crippen molar-refractivity contribution in [2.24, 2.45) is 5.73 Å².